The molecular weight excluding hydrogens is 268 g/mol. The van der Waals surface area contributed by atoms with Crippen molar-refractivity contribution in [2.24, 2.45) is 0 Å². The summed E-state index contributed by atoms with van der Waals surface area (Å²) in [5.74, 6) is 1.23. The number of amides is 1. The van der Waals surface area contributed by atoms with E-state index in [0.717, 1.165) is 37.3 Å². The number of aryl methyl sites for hydroxylation is 2. The summed E-state index contributed by atoms with van der Waals surface area (Å²) in [4.78, 5) is 16.4. The first-order valence-corrected chi connectivity index (χ1v) is 7.39. The van der Waals surface area contributed by atoms with Gasteiger partial charge in [0.2, 0.25) is 11.9 Å². The lowest BCUT2D eigenvalue weighted by Gasteiger charge is -2.09. The Balaban J connectivity index is 1.62. The molecule has 0 atom stereocenters. The Morgan fingerprint density at radius 3 is 2.95 bits per heavy atom. The molecule has 3 heterocycles. The smallest absolute Gasteiger partial charge is 0.248 e. The van der Waals surface area contributed by atoms with Gasteiger partial charge in [0, 0.05) is 25.2 Å². The highest BCUT2D eigenvalue weighted by atomic mass is 16.1. The first kappa shape index (κ1) is 13.8. The number of carbonyl (C=O) groups excluding carboxylic acids is 1. The summed E-state index contributed by atoms with van der Waals surface area (Å²) in [6.45, 7) is 4.99. The van der Waals surface area contributed by atoms with Crippen LogP contribution >= 0.6 is 0 Å². The second-order valence-corrected chi connectivity index (χ2v) is 5.64. The van der Waals surface area contributed by atoms with Gasteiger partial charge in [0.15, 0.2) is 0 Å². The number of nitrogens with one attached hydrogen (secondary N) is 1. The summed E-state index contributed by atoms with van der Waals surface area (Å²) in [5.41, 5.74) is 0.755. The van der Waals surface area contributed by atoms with Crippen LogP contribution < -0.4 is 5.32 Å². The summed E-state index contributed by atoms with van der Waals surface area (Å²) in [5, 5.41) is 11.4. The van der Waals surface area contributed by atoms with E-state index in [1.54, 1.807) is 0 Å². The number of fused-ring (bicyclic) bond motifs is 1. The molecule has 0 saturated heterocycles. The second kappa shape index (κ2) is 5.67. The molecule has 0 saturated carbocycles. The molecule has 21 heavy (non-hydrogen) atoms. The summed E-state index contributed by atoms with van der Waals surface area (Å²) < 4.78 is 3.72. The van der Waals surface area contributed by atoms with Crippen molar-refractivity contribution in [1.82, 2.24) is 24.5 Å². The first-order chi connectivity index (χ1) is 10.1. The SMILES string of the molecule is CC(C)n1ccc(CC(=O)Nc2nc3n(n2)CCCC3)n1. The zero-order valence-electron chi connectivity index (χ0n) is 12.4. The molecule has 0 unspecified atom stereocenters. The Morgan fingerprint density at radius 2 is 2.24 bits per heavy atom. The third-order valence-electron chi connectivity index (χ3n) is 3.55. The Kier molecular flexibility index (Phi) is 3.72. The molecular formula is C14H20N6O. The molecule has 0 spiro atoms. The normalized spacial score (nSPS) is 14.2. The number of hydrogen-bond donors (Lipinski definition) is 1. The molecule has 0 bridgehead atoms. The number of rotatable bonds is 4. The van der Waals surface area contributed by atoms with Gasteiger partial charge in [-0.25, -0.2) is 4.68 Å². The van der Waals surface area contributed by atoms with Crippen molar-refractivity contribution in [2.45, 2.75) is 52.1 Å². The van der Waals surface area contributed by atoms with Crippen molar-refractivity contribution >= 4 is 11.9 Å². The molecule has 1 amide bonds. The molecule has 1 aliphatic rings. The third kappa shape index (κ3) is 3.12. The van der Waals surface area contributed by atoms with Gasteiger partial charge in [0.1, 0.15) is 5.82 Å². The van der Waals surface area contributed by atoms with Crippen LogP contribution in [0.4, 0.5) is 5.95 Å². The Bertz CT molecular complexity index is 618. The van der Waals surface area contributed by atoms with Gasteiger partial charge in [-0.15, -0.1) is 5.10 Å². The molecule has 7 nitrogen and oxygen atoms in total. The molecule has 112 valence electrons. The number of aromatic nitrogens is 5. The van der Waals surface area contributed by atoms with Crippen molar-refractivity contribution in [1.29, 1.82) is 0 Å². The lowest BCUT2D eigenvalue weighted by molar-refractivity contribution is -0.115. The summed E-state index contributed by atoms with van der Waals surface area (Å²) in [6, 6.07) is 2.16. The maximum absolute atomic E-state index is 12.0. The van der Waals surface area contributed by atoms with Gasteiger partial charge >= 0.3 is 0 Å². The van der Waals surface area contributed by atoms with Gasteiger partial charge in [-0.1, -0.05) is 0 Å². The summed E-state index contributed by atoms with van der Waals surface area (Å²) in [7, 11) is 0. The van der Waals surface area contributed by atoms with Gasteiger partial charge in [-0.3, -0.25) is 14.8 Å². The fourth-order valence-electron chi connectivity index (χ4n) is 2.43. The van der Waals surface area contributed by atoms with Crippen LogP contribution in [0.3, 0.4) is 0 Å². The monoisotopic (exact) mass is 288 g/mol. The Labute approximate surface area is 123 Å². The molecule has 0 radical (unpaired) electrons. The fraction of sp³-hybridized carbons (Fsp3) is 0.571. The average molecular weight is 288 g/mol. The van der Waals surface area contributed by atoms with Crippen LogP contribution in [-0.2, 0) is 24.2 Å². The van der Waals surface area contributed by atoms with Crippen LogP contribution in [-0.4, -0.2) is 30.5 Å². The van der Waals surface area contributed by atoms with E-state index < -0.39 is 0 Å². The van der Waals surface area contributed by atoms with Crippen molar-refractivity contribution in [3.05, 3.63) is 23.8 Å². The average Bonchev–Trinajstić information content (AvgIpc) is 3.04. The Morgan fingerprint density at radius 1 is 1.38 bits per heavy atom. The van der Waals surface area contributed by atoms with Crippen LogP contribution in [0.1, 0.15) is 44.2 Å². The topological polar surface area (TPSA) is 77.6 Å². The minimum absolute atomic E-state index is 0.132. The van der Waals surface area contributed by atoms with Gasteiger partial charge in [0.25, 0.3) is 0 Å². The Hall–Kier alpha value is -2.18. The van der Waals surface area contributed by atoms with E-state index in [9.17, 15) is 4.79 Å². The minimum atomic E-state index is -0.132. The second-order valence-electron chi connectivity index (χ2n) is 5.64. The van der Waals surface area contributed by atoms with Crippen LogP contribution in [0.5, 0.6) is 0 Å². The maximum atomic E-state index is 12.0. The van der Waals surface area contributed by atoms with E-state index in [1.807, 2.05) is 21.6 Å². The largest absolute Gasteiger partial charge is 0.293 e. The van der Waals surface area contributed by atoms with Crippen molar-refractivity contribution in [3.63, 3.8) is 0 Å². The van der Waals surface area contributed by atoms with E-state index in [2.05, 4.69) is 34.3 Å². The predicted molar refractivity (Wildman–Crippen MR) is 77.9 cm³/mol. The molecule has 7 heteroatoms. The van der Waals surface area contributed by atoms with Gasteiger partial charge in [0.05, 0.1) is 12.1 Å². The number of hydrogen-bond acceptors (Lipinski definition) is 4. The molecule has 1 N–H and O–H groups in total. The molecule has 0 fully saturated rings. The maximum Gasteiger partial charge on any atom is 0.248 e. The standard InChI is InChI=1S/C14H20N6O/c1-10(2)19-8-6-11(17-19)9-13(21)16-14-15-12-5-3-4-7-20(12)18-14/h6,8,10H,3-5,7,9H2,1-2H3,(H,16,18,21). The van der Waals surface area contributed by atoms with E-state index in [1.165, 1.54) is 0 Å². The van der Waals surface area contributed by atoms with Crippen molar-refractivity contribution in [3.8, 4) is 0 Å². The van der Waals surface area contributed by atoms with Crippen LogP contribution in [0.25, 0.3) is 0 Å². The highest BCUT2D eigenvalue weighted by Crippen LogP contribution is 2.14. The van der Waals surface area contributed by atoms with E-state index in [0.29, 0.717) is 12.0 Å². The number of nitrogens with zero attached hydrogens (tertiary/aromatic N) is 5. The van der Waals surface area contributed by atoms with E-state index in [4.69, 9.17) is 0 Å². The molecule has 2 aromatic rings. The van der Waals surface area contributed by atoms with Crippen LogP contribution in [0.2, 0.25) is 0 Å². The number of carbonyl (C=O) groups is 1. The molecule has 0 aromatic carbocycles. The van der Waals surface area contributed by atoms with Crippen LogP contribution in [0.15, 0.2) is 12.3 Å². The molecule has 3 rings (SSSR count). The quantitative estimate of drug-likeness (QED) is 0.926. The highest BCUT2D eigenvalue weighted by Gasteiger charge is 2.16. The summed E-state index contributed by atoms with van der Waals surface area (Å²) >= 11 is 0. The fourth-order valence-corrected chi connectivity index (χ4v) is 2.43. The zero-order chi connectivity index (χ0) is 14.8. The lowest BCUT2D eigenvalue weighted by Crippen LogP contribution is -2.16. The van der Waals surface area contributed by atoms with Gasteiger partial charge in [-0.2, -0.15) is 10.1 Å². The zero-order valence-corrected chi connectivity index (χ0v) is 12.4. The van der Waals surface area contributed by atoms with E-state index in [-0.39, 0.29) is 12.3 Å². The van der Waals surface area contributed by atoms with Gasteiger partial charge < -0.3 is 0 Å². The minimum Gasteiger partial charge on any atom is -0.293 e. The first-order valence-electron chi connectivity index (χ1n) is 7.39. The number of anilines is 1. The molecule has 2 aromatic heterocycles. The summed E-state index contributed by atoms with van der Waals surface area (Å²) in [6.07, 6.45) is 5.32. The van der Waals surface area contributed by atoms with Crippen molar-refractivity contribution in [2.75, 3.05) is 5.32 Å². The highest BCUT2D eigenvalue weighted by molar-refractivity contribution is 5.90. The van der Waals surface area contributed by atoms with Crippen LogP contribution in [0, 0.1) is 0 Å². The van der Waals surface area contributed by atoms with Gasteiger partial charge in [-0.05, 0) is 32.8 Å². The molecule has 1 aliphatic heterocycles. The lowest BCUT2D eigenvalue weighted by atomic mass is 10.2. The predicted octanol–water partition coefficient (Wildman–Crippen LogP) is 1.57. The third-order valence-corrected chi connectivity index (χ3v) is 3.55. The van der Waals surface area contributed by atoms with E-state index >= 15 is 0 Å². The van der Waals surface area contributed by atoms with Crippen molar-refractivity contribution < 1.29 is 4.79 Å². The molecule has 0 aliphatic carbocycles.